The van der Waals surface area contributed by atoms with Crippen LogP contribution in [0.3, 0.4) is 0 Å². The zero-order valence-corrected chi connectivity index (χ0v) is 26.8. The smallest absolute Gasteiger partial charge is 0.197 e. The average molecular weight is 601 g/mol. The van der Waals surface area contributed by atoms with Crippen LogP contribution in [0, 0.1) is 0 Å². The molecule has 0 radical (unpaired) electrons. The third-order valence-electron chi connectivity index (χ3n) is 8.22. The van der Waals surface area contributed by atoms with E-state index in [2.05, 4.69) is 35.9 Å². The summed E-state index contributed by atoms with van der Waals surface area (Å²) in [5, 5.41) is 2.63. The highest BCUT2D eigenvalue weighted by atomic mass is 32.2. The van der Waals surface area contributed by atoms with Crippen molar-refractivity contribution in [1.29, 1.82) is 0 Å². The molecule has 2 N–H and O–H groups in total. The van der Waals surface area contributed by atoms with Gasteiger partial charge in [0.25, 0.3) is 0 Å². The molecular formula is C36H44N2O2S2. The quantitative estimate of drug-likeness (QED) is 0.0672. The summed E-state index contributed by atoms with van der Waals surface area (Å²) in [5.74, 6) is 2.07. The molecule has 0 bridgehead atoms. The first-order valence-corrected chi connectivity index (χ1v) is 17.9. The summed E-state index contributed by atoms with van der Waals surface area (Å²) >= 11 is 3.63. The van der Waals surface area contributed by atoms with Crippen molar-refractivity contribution < 1.29 is 0 Å². The Kier molecular flexibility index (Phi) is 11.1. The van der Waals surface area contributed by atoms with E-state index < -0.39 is 0 Å². The number of fused-ring (bicyclic) bond motifs is 4. The van der Waals surface area contributed by atoms with Gasteiger partial charge in [-0.05, 0) is 60.7 Å². The molecule has 0 aliphatic carbocycles. The van der Waals surface area contributed by atoms with Gasteiger partial charge in [-0.3, -0.25) is 9.59 Å². The molecule has 0 spiro atoms. The highest BCUT2D eigenvalue weighted by Crippen LogP contribution is 2.31. The lowest BCUT2D eigenvalue weighted by atomic mass is 10.1. The summed E-state index contributed by atoms with van der Waals surface area (Å²) < 4.78 is 0. The fraction of sp³-hybridized carbons (Fsp3) is 0.444. The second-order valence-electron chi connectivity index (χ2n) is 11.4. The zero-order valence-electron chi connectivity index (χ0n) is 25.2. The van der Waals surface area contributed by atoms with Gasteiger partial charge in [0.15, 0.2) is 10.9 Å². The number of hydrogen-bond acceptors (Lipinski definition) is 4. The number of aromatic amines is 2. The monoisotopic (exact) mass is 600 g/mol. The molecule has 0 saturated carbocycles. The van der Waals surface area contributed by atoms with E-state index in [-0.39, 0.29) is 10.9 Å². The van der Waals surface area contributed by atoms with E-state index in [1.165, 1.54) is 77.0 Å². The predicted octanol–water partition coefficient (Wildman–Crippen LogP) is 10.6. The minimum Gasteiger partial charge on any atom is -0.353 e. The van der Waals surface area contributed by atoms with Gasteiger partial charge in [-0.15, -0.1) is 23.5 Å². The van der Waals surface area contributed by atoms with Gasteiger partial charge < -0.3 is 9.97 Å². The fourth-order valence-corrected chi connectivity index (χ4v) is 7.91. The molecule has 2 heterocycles. The number of pyridine rings is 2. The zero-order chi connectivity index (χ0) is 29.3. The fourth-order valence-electron chi connectivity index (χ4n) is 5.81. The SMILES string of the molecule is CCCCCCCCSc1cccc2c(=O)c3cc4[nH]c5c(SCCCCCCCC)cccc5c(=O)c4cc3[nH]c12. The Labute approximate surface area is 257 Å². The number of aromatic nitrogens is 2. The molecular weight excluding hydrogens is 557 g/mol. The second kappa shape index (κ2) is 15.2. The minimum absolute atomic E-state index is 0.00865. The van der Waals surface area contributed by atoms with Crippen molar-refractivity contribution in [2.75, 3.05) is 11.5 Å². The number of benzene rings is 3. The van der Waals surface area contributed by atoms with Crippen LogP contribution in [0.15, 0.2) is 67.9 Å². The molecule has 0 aliphatic heterocycles. The molecule has 42 heavy (non-hydrogen) atoms. The standard InChI is InChI=1S/C36H44N2O2S2/c1-3-5-7-9-11-13-21-41-31-19-15-17-25-33(31)37-29-23-28-30(24-27(29)35(25)39)38-34-26(36(28)40)18-16-20-32(34)42-22-14-12-10-8-6-4-2/h15-20,23-24H,3-14,21-22H2,1-2H3,(H,37,39)(H,38,40). The summed E-state index contributed by atoms with van der Waals surface area (Å²) in [6.45, 7) is 4.49. The van der Waals surface area contributed by atoms with Crippen molar-refractivity contribution in [1.82, 2.24) is 9.97 Å². The predicted molar refractivity (Wildman–Crippen MR) is 186 cm³/mol. The Balaban J connectivity index is 1.43. The third kappa shape index (κ3) is 7.08. The molecule has 2 aromatic heterocycles. The van der Waals surface area contributed by atoms with Crippen molar-refractivity contribution in [3.8, 4) is 0 Å². The summed E-state index contributed by atoms with van der Waals surface area (Å²) in [5.41, 5.74) is 3.19. The van der Waals surface area contributed by atoms with Crippen molar-refractivity contribution in [3.63, 3.8) is 0 Å². The molecule has 222 valence electrons. The molecule has 0 unspecified atom stereocenters. The van der Waals surface area contributed by atoms with Gasteiger partial charge in [-0.2, -0.15) is 0 Å². The van der Waals surface area contributed by atoms with Gasteiger partial charge in [0.2, 0.25) is 0 Å². The van der Waals surface area contributed by atoms with Gasteiger partial charge >= 0.3 is 0 Å². The Morgan fingerprint density at radius 3 is 1.36 bits per heavy atom. The lowest BCUT2D eigenvalue weighted by Gasteiger charge is -2.11. The number of H-pyrrole nitrogens is 2. The highest BCUT2D eigenvalue weighted by Gasteiger charge is 2.14. The molecule has 0 fully saturated rings. The maximum absolute atomic E-state index is 13.7. The topological polar surface area (TPSA) is 65.7 Å². The molecule has 0 saturated heterocycles. The van der Waals surface area contributed by atoms with Crippen molar-refractivity contribution in [3.05, 3.63) is 69.0 Å². The normalized spacial score (nSPS) is 11.9. The van der Waals surface area contributed by atoms with Crippen LogP contribution in [0.2, 0.25) is 0 Å². The third-order valence-corrected chi connectivity index (χ3v) is 10.5. The van der Waals surface area contributed by atoms with Crippen LogP contribution in [0.25, 0.3) is 43.6 Å². The molecule has 4 nitrogen and oxygen atoms in total. The van der Waals surface area contributed by atoms with E-state index >= 15 is 0 Å². The van der Waals surface area contributed by atoms with Crippen molar-refractivity contribution >= 4 is 67.1 Å². The maximum atomic E-state index is 13.7. The number of unbranched alkanes of at least 4 members (excludes halogenated alkanes) is 10. The summed E-state index contributed by atoms with van der Waals surface area (Å²) in [7, 11) is 0. The van der Waals surface area contributed by atoms with Gasteiger partial charge in [0.1, 0.15) is 0 Å². The van der Waals surface area contributed by atoms with Crippen LogP contribution in [0.5, 0.6) is 0 Å². The summed E-state index contributed by atoms with van der Waals surface area (Å²) in [6, 6.07) is 15.7. The van der Waals surface area contributed by atoms with Crippen LogP contribution >= 0.6 is 23.5 Å². The number of thioether (sulfide) groups is 2. The van der Waals surface area contributed by atoms with Gasteiger partial charge in [-0.25, -0.2) is 0 Å². The molecule has 3 aromatic carbocycles. The molecule has 0 aliphatic rings. The minimum atomic E-state index is 0.00865. The van der Waals surface area contributed by atoms with Crippen molar-refractivity contribution in [2.24, 2.45) is 0 Å². The van der Waals surface area contributed by atoms with Crippen LogP contribution in [0.4, 0.5) is 0 Å². The van der Waals surface area contributed by atoms with E-state index in [0.29, 0.717) is 32.6 Å². The lowest BCUT2D eigenvalue weighted by molar-refractivity contribution is 0.627. The van der Waals surface area contributed by atoms with E-state index in [9.17, 15) is 9.59 Å². The van der Waals surface area contributed by atoms with Crippen LogP contribution in [-0.2, 0) is 0 Å². The van der Waals surface area contributed by atoms with Gasteiger partial charge in [0.05, 0.1) is 22.1 Å². The van der Waals surface area contributed by atoms with Gasteiger partial charge in [0, 0.05) is 31.3 Å². The van der Waals surface area contributed by atoms with E-state index in [1.54, 1.807) is 0 Å². The Hall–Kier alpha value is -2.70. The average Bonchev–Trinajstić information content (AvgIpc) is 3.00. The number of para-hydroxylation sites is 2. The molecule has 5 rings (SSSR count). The van der Waals surface area contributed by atoms with E-state index in [1.807, 2.05) is 59.9 Å². The number of nitrogens with one attached hydrogen (secondary N) is 2. The highest BCUT2D eigenvalue weighted by molar-refractivity contribution is 7.99. The Morgan fingerprint density at radius 1 is 0.524 bits per heavy atom. The number of hydrogen-bond donors (Lipinski definition) is 2. The largest absolute Gasteiger partial charge is 0.353 e. The van der Waals surface area contributed by atoms with Crippen LogP contribution < -0.4 is 10.9 Å². The summed E-state index contributed by atoms with van der Waals surface area (Å²) in [6.07, 6.45) is 15.2. The van der Waals surface area contributed by atoms with Crippen molar-refractivity contribution in [2.45, 2.75) is 101 Å². The lowest BCUT2D eigenvalue weighted by Crippen LogP contribution is -2.09. The van der Waals surface area contributed by atoms with Crippen LogP contribution in [0.1, 0.15) is 90.9 Å². The molecule has 6 heteroatoms. The Bertz CT molecular complexity index is 1640. The first-order valence-electron chi connectivity index (χ1n) is 16.0. The molecule has 0 atom stereocenters. The Morgan fingerprint density at radius 2 is 0.929 bits per heavy atom. The van der Waals surface area contributed by atoms with Gasteiger partial charge in [-0.1, -0.05) is 90.2 Å². The molecule has 5 aromatic rings. The van der Waals surface area contributed by atoms with Crippen LogP contribution in [-0.4, -0.2) is 21.5 Å². The molecule has 0 amide bonds. The first-order chi connectivity index (χ1) is 20.6. The first kappa shape index (κ1) is 30.7. The maximum Gasteiger partial charge on any atom is 0.197 e. The van der Waals surface area contributed by atoms with E-state index in [4.69, 9.17) is 0 Å². The second-order valence-corrected chi connectivity index (χ2v) is 13.7. The summed E-state index contributed by atoms with van der Waals surface area (Å²) in [4.78, 5) is 36.7. The number of rotatable bonds is 16. The van der Waals surface area contributed by atoms with E-state index in [0.717, 1.165) is 32.3 Å².